The lowest BCUT2D eigenvalue weighted by atomic mass is 10.1. The first kappa shape index (κ1) is 15.2. The van der Waals surface area contributed by atoms with E-state index in [-0.39, 0.29) is 18.1 Å². The summed E-state index contributed by atoms with van der Waals surface area (Å²) in [5.41, 5.74) is 1.08. The molecule has 0 saturated heterocycles. The van der Waals surface area contributed by atoms with Crippen molar-refractivity contribution in [2.75, 3.05) is 12.8 Å². The average Bonchev–Trinajstić information content (AvgIpc) is 2.89. The molecule has 0 heterocycles. The number of carbonyl (C=O) groups excluding carboxylic acids is 1. The van der Waals surface area contributed by atoms with Gasteiger partial charge in [0.15, 0.2) is 0 Å². The summed E-state index contributed by atoms with van der Waals surface area (Å²) in [6, 6.07) is 7.97. The number of aliphatic hydroxyl groups excluding tert-OH is 1. The van der Waals surface area contributed by atoms with E-state index < -0.39 is 0 Å². The molecule has 1 aliphatic rings. The van der Waals surface area contributed by atoms with Gasteiger partial charge < -0.3 is 15.7 Å². The maximum atomic E-state index is 11.7. The SMILES string of the molecule is CSc1ccc(CNC(=O)NCC2CCCC2O)cc1. The molecule has 1 aliphatic carbocycles. The Morgan fingerprint density at radius 2 is 2.05 bits per heavy atom. The molecule has 1 aromatic carbocycles. The molecule has 5 heteroatoms. The van der Waals surface area contributed by atoms with E-state index in [4.69, 9.17) is 0 Å². The standard InChI is InChI=1S/C15H22N2O2S/c1-20-13-7-5-11(6-8-13)9-16-15(19)17-10-12-3-2-4-14(12)18/h5-8,12,14,18H,2-4,9-10H2,1H3,(H2,16,17,19). The number of benzene rings is 1. The van der Waals surface area contributed by atoms with Crippen molar-refractivity contribution in [2.24, 2.45) is 5.92 Å². The minimum Gasteiger partial charge on any atom is -0.393 e. The fourth-order valence-corrected chi connectivity index (χ4v) is 2.88. The van der Waals surface area contributed by atoms with Crippen molar-refractivity contribution in [1.29, 1.82) is 0 Å². The van der Waals surface area contributed by atoms with E-state index in [1.807, 2.05) is 18.4 Å². The van der Waals surface area contributed by atoms with Gasteiger partial charge in [-0.05, 0) is 36.8 Å². The fourth-order valence-electron chi connectivity index (χ4n) is 2.47. The Bertz CT molecular complexity index is 436. The van der Waals surface area contributed by atoms with Gasteiger partial charge in [0.05, 0.1) is 6.10 Å². The fraction of sp³-hybridized carbons (Fsp3) is 0.533. The molecule has 3 N–H and O–H groups in total. The number of rotatable bonds is 5. The van der Waals surface area contributed by atoms with E-state index in [9.17, 15) is 9.90 Å². The van der Waals surface area contributed by atoms with Gasteiger partial charge in [0, 0.05) is 23.9 Å². The molecule has 4 nitrogen and oxygen atoms in total. The van der Waals surface area contributed by atoms with Crippen LogP contribution in [0.3, 0.4) is 0 Å². The number of carbonyl (C=O) groups is 1. The normalized spacial score (nSPS) is 21.7. The van der Waals surface area contributed by atoms with Gasteiger partial charge in [-0.3, -0.25) is 0 Å². The summed E-state index contributed by atoms with van der Waals surface area (Å²) >= 11 is 1.70. The molecular formula is C15H22N2O2S. The van der Waals surface area contributed by atoms with E-state index in [0.717, 1.165) is 24.8 Å². The van der Waals surface area contributed by atoms with Crippen LogP contribution in [-0.2, 0) is 6.54 Å². The predicted molar refractivity (Wildman–Crippen MR) is 81.8 cm³/mol. The van der Waals surface area contributed by atoms with E-state index in [1.54, 1.807) is 11.8 Å². The molecule has 1 fully saturated rings. The summed E-state index contributed by atoms with van der Waals surface area (Å²) in [4.78, 5) is 12.9. The molecule has 0 bridgehead atoms. The zero-order valence-electron chi connectivity index (χ0n) is 11.8. The van der Waals surface area contributed by atoms with Crippen LogP contribution >= 0.6 is 11.8 Å². The van der Waals surface area contributed by atoms with E-state index >= 15 is 0 Å². The third kappa shape index (κ3) is 4.42. The lowest BCUT2D eigenvalue weighted by Crippen LogP contribution is -2.39. The maximum absolute atomic E-state index is 11.7. The Balaban J connectivity index is 1.69. The van der Waals surface area contributed by atoms with Crippen molar-refractivity contribution >= 4 is 17.8 Å². The quantitative estimate of drug-likeness (QED) is 0.731. The van der Waals surface area contributed by atoms with Crippen LogP contribution in [0.1, 0.15) is 24.8 Å². The number of aliphatic hydroxyl groups is 1. The molecule has 0 aliphatic heterocycles. The summed E-state index contributed by atoms with van der Waals surface area (Å²) in [6.45, 7) is 1.08. The molecule has 0 radical (unpaired) electrons. The molecule has 2 unspecified atom stereocenters. The van der Waals surface area contributed by atoms with Gasteiger partial charge in [0.1, 0.15) is 0 Å². The van der Waals surface area contributed by atoms with Crippen LogP contribution in [0.25, 0.3) is 0 Å². The van der Waals surface area contributed by atoms with Crippen molar-refractivity contribution in [3.63, 3.8) is 0 Å². The highest BCUT2D eigenvalue weighted by atomic mass is 32.2. The Kier molecular flexibility index (Phi) is 5.73. The highest BCUT2D eigenvalue weighted by Gasteiger charge is 2.25. The van der Waals surface area contributed by atoms with E-state index in [0.29, 0.717) is 13.1 Å². The van der Waals surface area contributed by atoms with E-state index in [2.05, 4.69) is 22.8 Å². The predicted octanol–water partition coefficient (Wildman–Crippen LogP) is 2.37. The molecular weight excluding hydrogens is 272 g/mol. The zero-order valence-corrected chi connectivity index (χ0v) is 12.6. The minimum atomic E-state index is -0.255. The topological polar surface area (TPSA) is 61.4 Å². The lowest BCUT2D eigenvalue weighted by Gasteiger charge is -2.15. The number of hydrogen-bond donors (Lipinski definition) is 3. The summed E-state index contributed by atoms with van der Waals surface area (Å²) in [6.07, 6.45) is 4.69. The summed E-state index contributed by atoms with van der Waals surface area (Å²) < 4.78 is 0. The molecule has 2 rings (SSSR count). The highest BCUT2D eigenvalue weighted by molar-refractivity contribution is 7.98. The Labute approximate surface area is 124 Å². The number of thioether (sulfide) groups is 1. The monoisotopic (exact) mass is 294 g/mol. The van der Waals surface area contributed by atoms with Gasteiger partial charge in [-0.15, -0.1) is 11.8 Å². The third-order valence-corrected chi connectivity index (χ3v) is 4.50. The second-order valence-corrected chi connectivity index (χ2v) is 6.05. The van der Waals surface area contributed by atoms with Gasteiger partial charge in [-0.25, -0.2) is 4.79 Å². The van der Waals surface area contributed by atoms with Crippen LogP contribution in [0.4, 0.5) is 4.79 Å². The van der Waals surface area contributed by atoms with Crippen LogP contribution in [0.2, 0.25) is 0 Å². The summed E-state index contributed by atoms with van der Waals surface area (Å²) in [5.74, 6) is 0.210. The van der Waals surface area contributed by atoms with Crippen LogP contribution in [0.15, 0.2) is 29.2 Å². The first-order valence-corrected chi connectivity index (χ1v) is 8.24. The van der Waals surface area contributed by atoms with Crippen molar-refractivity contribution in [3.8, 4) is 0 Å². The Hall–Kier alpha value is -1.20. The molecule has 110 valence electrons. The minimum absolute atomic E-state index is 0.168. The van der Waals surface area contributed by atoms with Crippen LogP contribution in [-0.4, -0.2) is 30.0 Å². The first-order valence-electron chi connectivity index (χ1n) is 7.01. The average molecular weight is 294 g/mol. The molecule has 0 spiro atoms. The summed E-state index contributed by atoms with van der Waals surface area (Å²) in [5, 5.41) is 15.4. The van der Waals surface area contributed by atoms with Crippen molar-refractivity contribution in [3.05, 3.63) is 29.8 Å². The zero-order chi connectivity index (χ0) is 14.4. The van der Waals surface area contributed by atoms with Crippen LogP contribution in [0.5, 0.6) is 0 Å². The molecule has 1 saturated carbocycles. The van der Waals surface area contributed by atoms with Crippen molar-refractivity contribution in [1.82, 2.24) is 10.6 Å². The van der Waals surface area contributed by atoms with Gasteiger partial charge in [-0.1, -0.05) is 18.6 Å². The highest BCUT2D eigenvalue weighted by Crippen LogP contribution is 2.24. The molecule has 1 aromatic rings. The number of amides is 2. The number of urea groups is 1. The van der Waals surface area contributed by atoms with Gasteiger partial charge in [0.2, 0.25) is 0 Å². The smallest absolute Gasteiger partial charge is 0.315 e. The van der Waals surface area contributed by atoms with Gasteiger partial charge in [-0.2, -0.15) is 0 Å². The molecule has 20 heavy (non-hydrogen) atoms. The number of hydrogen-bond acceptors (Lipinski definition) is 3. The van der Waals surface area contributed by atoms with Crippen molar-refractivity contribution < 1.29 is 9.90 Å². The van der Waals surface area contributed by atoms with Crippen LogP contribution in [0, 0.1) is 5.92 Å². The molecule has 2 atom stereocenters. The number of nitrogens with one attached hydrogen (secondary N) is 2. The Morgan fingerprint density at radius 1 is 1.30 bits per heavy atom. The van der Waals surface area contributed by atoms with E-state index in [1.165, 1.54) is 4.90 Å². The second kappa shape index (κ2) is 7.55. The third-order valence-electron chi connectivity index (χ3n) is 3.76. The maximum Gasteiger partial charge on any atom is 0.315 e. The molecule has 0 aromatic heterocycles. The largest absolute Gasteiger partial charge is 0.393 e. The lowest BCUT2D eigenvalue weighted by molar-refractivity contribution is 0.132. The van der Waals surface area contributed by atoms with Crippen LogP contribution < -0.4 is 10.6 Å². The Morgan fingerprint density at radius 3 is 2.65 bits per heavy atom. The first-order chi connectivity index (χ1) is 9.69. The molecule has 2 amide bonds. The van der Waals surface area contributed by atoms with Gasteiger partial charge >= 0.3 is 6.03 Å². The van der Waals surface area contributed by atoms with Crippen molar-refractivity contribution in [2.45, 2.75) is 36.8 Å². The van der Waals surface area contributed by atoms with Gasteiger partial charge in [0.25, 0.3) is 0 Å². The summed E-state index contributed by atoms with van der Waals surface area (Å²) in [7, 11) is 0. The second-order valence-electron chi connectivity index (χ2n) is 5.17.